The lowest BCUT2D eigenvalue weighted by molar-refractivity contribution is -0.126. The number of carbonyl (C=O) groups is 1. The van der Waals surface area contributed by atoms with Crippen molar-refractivity contribution in [3.63, 3.8) is 0 Å². The van der Waals surface area contributed by atoms with E-state index in [9.17, 15) is 18.0 Å². The summed E-state index contributed by atoms with van der Waals surface area (Å²) >= 11 is 0. The van der Waals surface area contributed by atoms with Gasteiger partial charge in [0.1, 0.15) is 5.69 Å². The van der Waals surface area contributed by atoms with Crippen LogP contribution in [0.5, 0.6) is 5.88 Å². The summed E-state index contributed by atoms with van der Waals surface area (Å²) in [6, 6.07) is 1.65. The van der Waals surface area contributed by atoms with E-state index in [0.29, 0.717) is 11.4 Å². The largest absolute Gasteiger partial charge is 0.479 e. The number of alkyl halides is 3. The van der Waals surface area contributed by atoms with Gasteiger partial charge in [0.25, 0.3) is 0 Å². The molecule has 118 valence electrons. The summed E-state index contributed by atoms with van der Waals surface area (Å²) in [5.74, 6) is -0.431. The average molecular weight is 306 g/mol. The number of hydrogen-bond donors (Lipinski definition) is 2. The molecule has 0 bridgehead atoms. The first kappa shape index (κ1) is 17.0. The highest BCUT2D eigenvalue weighted by Gasteiger charge is 2.26. The molecule has 2 N–H and O–H groups in total. The van der Waals surface area contributed by atoms with Gasteiger partial charge in [-0.3, -0.25) is 4.79 Å². The van der Waals surface area contributed by atoms with Gasteiger partial charge in [-0.15, -0.1) is 0 Å². The topological polar surface area (TPSA) is 66.5 Å². The minimum Gasteiger partial charge on any atom is -0.479 e. The number of carbonyl (C=O) groups excluding carboxylic acids is 1. The molecular formula is C12H17F3N4O2. The highest BCUT2D eigenvalue weighted by Crippen LogP contribution is 2.31. The molecule has 1 aromatic heterocycles. The summed E-state index contributed by atoms with van der Waals surface area (Å²) in [5.41, 5.74) is 0.940. The van der Waals surface area contributed by atoms with Crippen molar-refractivity contribution in [2.75, 3.05) is 44.5 Å². The summed E-state index contributed by atoms with van der Waals surface area (Å²) in [6.45, 7) is -1.70. The monoisotopic (exact) mass is 306 g/mol. The summed E-state index contributed by atoms with van der Waals surface area (Å²) in [5, 5.41) is 4.52. The van der Waals surface area contributed by atoms with E-state index < -0.39 is 25.2 Å². The molecule has 6 nitrogen and oxygen atoms in total. The maximum atomic E-state index is 12.0. The van der Waals surface area contributed by atoms with Gasteiger partial charge in [-0.2, -0.15) is 13.2 Å². The predicted octanol–water partition coefficient (Wildman–Crippen LogP) is 1.25. The van der Waals surface area contributed by atoms with Crippen LogP contribution in [-0.2, 0) is 4.79 Å². The zero-order chi connectivity index (χ0) is 16.0. The third kappa shape index (κ3) is 5.46. The van der Waals surface area contributed by atoms with Crippen molar-refractivity contribution in [3.05, 3.63) is 12.3 Å². The Balaban J connectivity index is 2.75. The average Bonchev–Trinajstić information content (AvgIpc) is 2.37. The molecule has 0 atom stereocenters. The van der Waals surface area contributed by atoms with Crippen LogP contribution in [0.3, 0.4) is 0 Å². The van der Waals surface area contributed by atoms with Gasteiger partial charge in [-0.05, 0) is 6.07 Å². The summed E-state index contributed by atoms with van der Waals surface area (Å²) in [6.07, 6.45) is -2.85. The van der Waals surface area contributed by atoms with Crippen molar-refractivity contribution in [3.8, 4) is 5.88 Å². The fourth-order valence-electron chi connectivity index (χ4n) is 1.58. The Morgan fingerprint density at radius 1 is 1.43 bits per heavy atom. The van der Waals surface area contributed by atoms with Crippen LogP contribution in [0.15, 0.2) is 12.3 Å². The number of nitrogens with zero attached hydrogens (tertiary/aromatic N) is 2. The van der Waals surface area contributed by atoms with Crippen LogP contribution in [0.1, 0.15) is 0 Å². The van der Waals surface area contributed by atoms with E-state index in [4.69, 9.17) is 4.74 Å². The molecule has 0 radical (unpaired) electrons. The van der Waals surface area contributed by atoms with E-state index in [1.807, 2.05) is 5.32 Å². The summed E-state index contributed by atoms with van der Waals surface area (Å²) in [4.78, 5) is 17.4. The standard InChI is InChI=1S/C12H17F3N4O2/c1-19(2)8-4-5-17-11(21-3)10(8)18-9(20)6-16-7-12(13,14)15/h4-5,16H,6-7H2,1-3H3,(H,18,20). The number of ether oxygens (including phenoxy) is 1. The van der Waals surface area contributed by atoms with Gasteiger partial charge in [0.2, 0.25) is 11.8 Å². The molecule has 0 aliphatic heterocycles. The van der Waals surface area contributed by atoms with Crippen LogP contribution in [0.2, 0.25) is 0 Å². The molecule has 1 rings (SSSR count). The fourth-order valence-corrected chi connectivity index (χ4v) is 1.58. The lowest BCUT2D eigenvalue weighted by Gasteiger charge is -2.19. The number of anilines is 2. The first-order valence-corrected chi connectivity index (χ1v) is 6.02. The number of amides is 1. The number of halogens is 3. The quantitative estimate of drug-likeness (QED) is 0.828. The second kappa shape index (κ2) is 7.11. The van der Waals surface area contributed by atoms with Gasteiger partial charge in [0, 0.05) is 20.3 Å². The Kier molecular flexibility index (Phi) is 5.77. The highest BCUT2D eigenvalue weighted by molar-refractivity contribution is 5.97. The van der Waals surface area contributed by atoms with Crippen molar-refractivity contribution >= 4 is 17.3 Å². The summed E-state index contributed by atoms with van der Waals surface area (Å²) in [7, 11) is 4.90. The fraction of sp³-hybridized carbons (Fsp3) is 0.500. The van der Waals surface area contributed by atoms with Crippen molar-refractivity contribution < 1.29 is 22.7 Å². The van der Waals surface area contributed by atoms with E-state index >= 15 is 0 Å². The zero-order valence-electron chi connectivity index (χ0n) is 11.9. The van der Waals surface area contributed by atoms with Gasteiger partial charge >= 0.3 is 6.18 Å². The van der Waals surface area contributed by atoms with Gasteiger partial charge in [-0.25, -0.2) is 4.98 Å². The number of methoxy groups -OCH3 is 1. The molecule has 9 heteroatoms. The SMILES string of the molecule is COc1nccc(N(C)C)c1NC(=O)CNCC(F)(F)F. The Morgan fingerprint density at radius 2 is 2.10 bits per heavy atom. The van der Waals surface area contributed by atoms with E-state index in [1.165, 1.54) is 13.3 Å². The molecular weight excluding hydrogens is 289 g/mol. The van der Waals surface area contributed by atoms with Crippen molar-refractivity contribution in [1.29, 1.82) is 0 Å². The van der Waals surface area contributed by atoms with Gasteiger partial charge in [0.15, 0.2) is 0 Å². The Hall–Kier alpha value is -2.03. The molecule has 1 aromatic rings. The molecule has 0 saturated carbocycles. The molecule has 0 spiro atoms. The zero-order valence-corrected chi connectivity index (χ0v) is 11.9. The van der Waals surface area contributed by atoms with Crippen molar-refractivity contribution in [1.82, 2.24) is 10.3 Å². The molecule has 0 saturated heterocycles. The number of rotatable bonds is 6. The van der Waals surface area contributed by atoms with E-state index in [0.717, 1.165) is 0 Å². The number of nitrogens with one attached hydrogen (secondary N) is 2. The Bertz CT molecular complexity index is 492. The van der Waals surface area contributed by atoms with Crippen LogP contribution in [0.4, 0.5) is 24.5 Å². The molecule has 0 fully saturated rings. The molecule has 1 amide bonds. The lowest BCUT2D eigenvalue weighted by atomic mass is 10.3. The molecule has 0 aromatic carbocycles. The van der Waals surface area contributed by atoms with Gasteiger partial charge in [0.05, 0.1) is 25.9 Å². The summed E-state index contributed by atoms with van der Waals surface area (Å²) < 4.78 is 41.0. The van der Waals surface area contributed by atoms with Crippen LogP contribution < -0.4 is 20.3 Å². The minimum atomic E-state index is -4.36. The highest BCUT2D eigenvalue weighted by atomic mass is 19.4. The van der Waals surface area contributed by atoms with Crippen LogP contribution >= 0.6 is 0 Å². The maximum absolute atomic E-state index is 12.0. The second-order valence-electron chi connectivity index (χ2n) is 4.38. The maximum Gasteiger partial charge on any atom is 0.401 e. The third-order valence-corrected chi connectivity index (χ3v) is 2.44. The molecule has 0 aliphatic carbocycles. The van der Waals surface area contributed by atoms with E-state index in [-0.39, 0.29) is 5.88 Å². The van der Waals surface area contributed by atoms with Gasteiger partial charge < -0.3 is 20.3 Å². The van der Waals surface area contributed by atoms with E-state index in [1.54, 1.807) is 25.1 Å². The Labute approximate surface area is 120 Å². The molecule has 0 aliphatic rings. The van der Waals surface area contributed by atoms with Crippen molar-refractivity contribution in [2.24, 2.45) is 0 Å². The van der Waals surface area contributed by atoms with Crippen LogP contribution in [-0.4, -0.2) is 51.4 Å². The molecule has 0 unspecified atom stereocenters. The third-order valence-electron chi connectivity index (χ3n) is 2.44. The van der Waals surface area contributed by atoms with Gasteiger partial charge in [-0.1, -0.05) is 0 Å². The predicted molar refractivity (Wildman–Crippen MR) is 72.7 cm³/mol. The minimum absolute atomic E-state index is 0.186. The first-order valence-electron chi connectivity index (χ1n) is 6.02. The normalized spacial score (nSPS) is 11.1. The number of hydrogen-bond acceptors (Lipinski definition) is 5. The lowest BCUT2D eigenvalue weighted by Crippen LogP contribution is -2.35. The van der Waals surface area contributed by atoms with Crippen LogP contribution in [0.25, 0.3) is 0 Å². The Morgan fingerprint density at radius 3 is 2.62 bits per heavy atom. The number of pyridine rings is 1. The molecule has 1 heterocycles. The number of aromatic nitrogens is 1. The smallest absolute Gasteiger partial charge is 0.401 e. The van der Waals surface area contributed by atoms with E-state index in [2.05, 4.69) is 10.3 Å². The second-order valence-corrected chi connectivity index (χ2v) is 4.38. The molecule has 21 heavy (non-hydrogen) atoms. The first-order chi connectivity index (χ1) is 9.74. The van der Waals surface area contributed by atoms with Crippen LogP contribution in [0, 0.1) is 0 Å². The van der Waals surface area contributed by atoms with Crippen molar-refractivity contribution in [2.45, 2.75) is 6.18 Å².